The van der Waals surface area contributed by atoms with Crippen LogP contribution in [0.25, 0.3) is 0 Å². The molecule has 1 aromatic rings. The van der Waals surface area contributed by atoms with Crippen LogP contribution in [0, 0.1) is 6.92 Å². The molecule has 1 heterocycles. The number of aromatic nitrogens is 1. The Morgan fingerprint density at radius 2 is 2.44 bits per heavy atom. The van der Waals surface area contributed by atoms with Crippen molar-refractivity contribution in [2.24, 2.45) is 5.14 Å². The Kier molecular flexibility index (Phi) is 2.08. The summed E-state index contributed by atoms with van der Waals surface area (Å²) in [6.45, 7) is 1.99. The smallest absolute Gasteiger partial charge is 0.114 e. The lowest BCUT2D eigenvalue weighted by Gasteiger charge is -1.96. The summed E-state index contributed by atoms with van der Waals surface area (Å²) in [6, 6.07) is 3.89. The highest BCUT2D eigenvalue weighted by atomic mass is 32.2. The molecule has 9 heavy (non-hydrogen) atoms. The minimum absolute atomic E-state index is 0.900. The second-order valence-corrected chi connectivity index (χ2v) is 2.37. The molecular formula is C6H8N2S. The Hall–Kier alpha value is -0.540. The van der Waals surface area contributed by atoms with Crippen LogP contribution in [0.4, 0.5) is 0 Å². The van der Waals surface area contributed by atoms with Gasteiger partial charge >= 0.3 is 0 Å². The molecule has 0 saturated heterocycles. The third-order valence-corrected chi connectivity index (χ3v) is 1.72. The van der Waals surface area contributed by atoms with Crippen LogP contribution < -0.4 is 5.14 Å². The van der Waals surface area contributed by atoms with Gasteiger partial charge in [-0.25, -0.2) is 4.98 Å². The zero-order valence-corrected chi connectivity index (χ0v) is 5.98. The van der Waals surface area contributed by atoms with E-state index in [4.69, 9.17) is 5.14 Å². The van der Waals surface area contributed by atoms with Crippen molar-refractivity contribution < 1.29 is 0 Å². The Bertz CT molecular complexity index is 200. The number of nitrogens with two attached hydrogens (primary N) is 1. The van der Waals surface area contributed by atoms with Crippen LogP contribution in [-0.4, -0.2) is 4.98 Å². The van der Waals surface area contributed by atoms with Gasteiger partial charge in [-0.3, -0.25) is 5.14 Å². The molecule has 0 aliphatic carbocycles. The largest absolute Gasteiger partial charge is 0.272 e. The molecule has 0 bridgehead atoms. The van der Waals surface area contributed by atoms with Gasteiger partial charge in [0.25, 0.3) is 0 Å². The molecule has 0 atom stereocenters. The van der Waals surface area contributed by atoms with Gasteiger partial charge in [-0.1, -0.05) is 6.07 Å². The van der Waals surface area contributed by atoms with Crippen molar-refractivity contribution >= 4 is 11.9 Å². The molecule has 0 radical (unpaired) electrons. The fourth-order valence-electron chi connectivity index (χ4n) is 0.595. The number of hydrogen-bond acceptors (Lipinski definition) is 3. The monoisotopic (exact) mass is 140 g/mol. The van der Waals surface area contributed by atoms with Gasteiger partial charge in [-0.2, -0.15) is 0 Å². The lowest BCUT2D eigenvalue weighted by Crippen LogP contribution is -1.86. The summed E-state index contributed by atoms with van der Waals surface area (Å²) in [5.41, 5.74) is 1.13. The van der Waals surface area contributed by atoms with Crippen LogP contribution >= 0.6 is 11.9 Å². The van der Waals surface area contributed by atoms with Crippen molar-refractivity contribution in [1.29, 1.82) is 0 Å². The van der Waals surface area contributed by atoms with E-state index in [1.54, 1.807) is 6.20 Å². The van der Waals surface area contributed by atoms with E-state index in [0.29, 0.717) is 0 Å². The number of aryl methyl sites for hydroxylation is 1. The molecule has 0 saturated carbocycles. The van der Waals surface area contributed by atoms with Crippen molar-refractivity contribution in [3.05, 3.63) is 23.9 Å². The standard InChI is InChI=1S/C6H8N2S/c1-5-3-2-4-8-6(5)9-7/h2-4H,7H2,1H3. The molecule has 2 nitrogen and oxygen atoms in total. The summed E-state index contributed by atoms with van der Waals surface area (Å²) in [6.07, 6.45) is 1.74. The van der Waals surface area contributed by atoms with Crippen molar-refractivity contribution in [3.8, 4) is 0 Å². The average Bonchev–Trinajstić information content (AvgIpc) is 1.89. The SMILES string of the molecule is Cc1cccnc1SN. The molecule has 0 fully saturated rings. The van der Waals surface area contributed by atoms with E-state index in [2.05, 4.69) is 4.98 Å². The molecule has 3 heteroatoms. The zero-order valence-electron chi connectivity index (χ0n) is 5.16. The van der Waals surface area contributed by atoms with Crippen LogP contribution in [0.2, 0.25) is 0 Å². The molecule has 0 unspecified atom stereocenters. The first kappa shape index (κ1) is 6.58. The summed E-state index contributed by atoms with van der Waals surface area (Å²) in [7, 11) is 0. The van der Waals surface area contributed by atoms with Crippen molar-refractivity contribution in [2.45, 2.75) is 11.9 Å². The summed E-state index contributed by atoms with van der Waals surface area (Å²) in [5.74, 6) is 0. The van der Waals surface area contributed by atoms with Crippen LogP contribution in [0.3, 0.4) is 0 Å². The minimum Gasteiger partial charge on any atom is -0.272 e. The predicted molar refractivity (Wildman–Crippen MR) is 39.0 cm³/mol. The first-order valence-corrected chi connectivity index (χ1v) is 3.51. The number of nitrogens with zero attached hydrogens (tertiary/aromatic N) is 1. The van der Waals surface area contributed by atoms with E-state index >= 15 is 0 Å². The molecule has 0 aromatic carbocycles. The van der Waals surface area contributed by atoms with Crippen LogP contribution in [0.5, 0.6) is 0 Å². The molecular weight excluding hydrogens is 132 g/mol. The van der Waals surface area contributed by atoms with Crippen LogP contribution in [-0.2, 0) is 0 Å². The first-order valence-electron chi connectivity index (χ1n) is 2.63. The summed E-state index contributed by atoms with van der Waals surface area (Å²) in [5, 5.41) is 6.21. The predicted octanol–water partition coefficient (Wildman–Crippen LogP) is 1.36. The molecule has 0 spiro atoms. The third-order valence-electron chi connectivity index (χ3n) is 1.07. The highest BCUT2D eigenvalue weighted by molar-refractivity contribution is 7.97. The quantitative estimate of drug-likeness (QED) is 0.598. The lowest BCUT2D eigenvalue weighted by atomic mass is 10.3. The van der Waals surface area contributed by atoms with E-state index in [-0.39, 0.29) is 0 Å². The maximum Gasteiger partial charge on any atom is 0.114 e. The molecule has 0 aliphatic rings. The van der Waals surface area contributed by atoms with Gasteiger partial charge in [0.1, 0.15) is 5.03 Å². The van der Waals surface area contributed by atoms with Gasteiger partial charge in [0, 0.05) is 6.20 Å². The van der Waals surface area contributed by atoms with Crippen molar-refractivity contribution in [2.75, 3.05) is 0 Å². The summed E-state index contributed by atoms with van der Waals surface area (Å²) >= 11 is 1.18. The Morgan fingerprint density at radius 1 is 1.67 bits per heavy atom. The summed E-state index contributed by atoms with van der Waals surface area (Å²) < 4.78 is 0. The van der Waals surface area contributed by atoms with Gasteiger partial charge in [0.15, 0.2) is 0 Å². The molecule has 48 valence electrons. The van der Waals surface area contributed by atoms with E-state index in [9.17, 15) is 0 Å². The van der Waals surface area contributed by atoms with E-state index < -0.39 is 0 Å². The van der Waals surface area contributed by atoms with Gasteiger partial charge in [-0.15, -0.1) is 0 Å². The van der Waals surface area contributed by atoms with Gasteiger partial charge in [0.05, 0.1) is 0 Å². The van der Waals surface area contributed by atoms with Crippen molar-refractivity contribution in [1.82, 2.24) is 4.98 Å². The Labute approximate surface area is 58.6 Å². The fraction of sp³-hybridized carbons (Fsp3) is 0.167. The molecule has 0 amide bonds. The van der Waals surface area contributed by atoms with Crippen LogP contribution in [0.15, 0.2) is 23.4 Å². The Balaban J connectivity index is 3.01. The van der Waals surface area contributed by atoms with Gasteiger partial charge in [0.2, 0.25) is 0 Å². The minimum atomic E-state index is 0.900. The molecule has 2 N–H and O–H groups in total. The zero-order chi connectivity index (χ0) is 6.69. The third kappa shape index (κ3) is 1.43. The Morgan fingerprint density at radius 3 is 2.89 bits per heavy atom. The van der Waals surface area contributed by atoms with Crippen molar-refractivity contribution in [3.63, 3.8) is 0 Å². The highest BCUT2D eigenvalue weighted by Crippen LogP contribution is 2.11. The summed E-state index contributed by atoms with van der Waals surface area (Å²) in [4.78, 5) is 4.03. The fourth-order valence-corrected chi connectivity index (χ4v) is 0.970. The number of hydrogen-bond donors (Lipinski definition) is 1. The van der Waals surface area contributed by atoms with E-state index in [1.165, 1.54) is 11.9 Å². The number of pyridine rings is 1. The highest BCUT2D eigenvalue weighted by Gasteiger charge is 1.92. The van der Waals surface area contributed by atoms with Crippen LogP contribution in [0.1, 0.15) is 5.56 Å². The molecule has 1 rings (SSSR count). The topological polar surface area (TPSA) is 38.9 Å². The second kappa shape index (κ2) is 2.85. The van der Waals surface area contributed by atoms with Gasteiger partial charge in [-0.05, 0) is 30.5 Å². The van der Waals surface area contributed by atoms with E-state index in [0.717, 1.165) is 10.6 Å². The average molecular weight is 140 g/mol. The maximum atomic E-state index is 5.30. The van der Waals surface area contributed by atoms with Gasteiger partial charge < -0.3 is 0 Å². The normalized spacial score (nSPS) is 9.56. The molecule has 1 aromatic heterocycles. The first-order chi connectivity index (χ1) is 4.34. The number of rotatable bonds is 1. The lowest BCUT2D eigenvalue weighted by molar-refractivity contribution is 1.08. The van der Waals surface area contributed by atoms with E-state index in [1.807, 2.05) is 19.1 Å². The molecule has 0 aliphatic heterocycles. The maximum absolute atomic E-state index is 5.30. The second-order valence-electron chi connectivity index (χ2n) is 1.74.